The monoisotopic (exact) mass is 381 g/mol. The van der Waals surface area contributed by atoms with Crippen molar-refractivity contribution in [1.29, 1.82) is 0 Å². The second-order valence-corrected chi connectivity index (χ2v) is 8.63. The number of nitrogens with two attached hydrogens (primary N) is 1. The van der Waals surface area contributed by atoms with E-state index in [1.165, 1.54) is 10.6 Å². The van der Waals surface area contributed by atoms with E-state index in [0.29, 0.717) is 30.5 Å². The Labute approximate surface area is 155 Å². The minimum absolute atomic E-state index is 0.0240. The van der Waals surface area contributed by atoms with Crippen LogP contribution in [0.25, 0.3) is 0 Å². The Morgan fingerprint density at radius 2 is 1.92 bits per heavy atom. The van der Waals surface area contributed by atoms with Gasteiger partial charge in [-0.1, -0.05) is 13.8 Å². The quantitative estimate of drug-likeness (QED) is 0.704. The number of aromatic nitrogens is 3. The summed E-state index contributed by atoms with van der Waals surface area (Å²) in [6.45, 7) is 4.69. The van der Waals surface area contributed by atoms with Crippen LogP contribution in [0.2, 0.25) is 0 Å². The molecule has 0 aliphatic carbocycles. The van der Waals surface area contributed by atoms with Gasteiger partial charge in [0.25, 0.3) is 0 Å². The second kappa shape index (κ2) is 8.61. The van der Waals surface area contributed by atoms with Gasteiger partial charge in [0.1, 0.15) is 18.7 Å². The Morgan fingerprint density at radius 1 is 1.27 bits per heavy atom. The van der Waals surface area contributed by atoms with Gasteiger partial charge < -0.3 is 10.5 Å². The minimum atomic E-state index is -3.55. The molecule has 1 unspecified atom stereocenters. The minimum Gasteiger partial charge on any atom is -0.486 e. The van der Waals surface area contributed by atoms with Crippen molar-refractivity contribution in [2.24, 2.45) is 18.7 Å². The van der Waals surface area contributed by atoms with Crippen LogP contribution in [-0.4, -0.2) is 47.1 Å². The van der Waals surface area contributed by atoms with E-state index in [-0.39, 0.29) is 17.5 Å². The zero-order valence-electron chi connectivity index (χ0n) is 15.7. The first kappa shape index (κ1) is 20.3. The van der Waals surface area contributed by atoms with Gasteiger partial charge in [-0.2, -0.15) is 5.10 Å². The van der Waals surface area contributed by atoms with Gasteiger partial charge >= 0.3 is 0 Å². The van der Waals surface area contributed by atoms with Crippen LogP contribution in [0.15, 0.2) is 35.5 Å². The van der Waals surface area contributed by atoms with Crippen molar-refractivity contribution in [2.45, 2.75) is 37.8 Å². The van der Waals surface area contributed by atoms with Crippen molar-refractivity contribution in [3.63, 3.8) is 0 Å². The molecular weight excluding hydrogens is 354 g/mol. The Hall–Kier alpha value is -1.97. The van der Waals surface area contributed by atoms with Crippen LogP contribution < -0.4 is 10.5 Å². The molecule has 2 aromatic rings. The summed E-state index contributed by atoms with van der Waals surface area (Å²) in [4.78, 5) is 4.30. The molecule has 0 fully saturated rings. The number of ether oxygens (including phenoxy) is 1. The molecule has 1 aromatic heterocycles. The van der Waals surface area contributed by atoms with Crippen molar-refractivity contribution in [3.05, 3.63) is 36.4 Å². The van der Waals surface area contributed by atoms with Gasteiger partial charge in [-0.3, -0.25) is 4.68 Å². The van der Waals surface area contributed by atoms with E-state index >= 15 is 0 Å². The number of sulfonamides is 1. The number of hydrogen-bond donors (Lipinski definition) is 1. The zero-order valence-corrected chi connectivity index (χ0v) is 16.5. The molecule has 0 saturated carbocycles. The van der Waals surface area contributed by atoms with Crippen LogP contribution in [-0.2, 0) is 23.7 Å². The molecule has 0 spiro atoms. The molecule has 8 nitrogen and oxygen atoms in total. The maximum absolute atomic E-state index is 12.6. The molecule has 0 aliphatic rings. The molecule has 0 radical (unpaired) electrons. The molecule has 144 valence electrons. The molecule has 2 rings (SSSR count). The fourth-order valence-corrected chi connectivity index (χ4v) is 3.46. The third-order valence-electron chi connectivity index (χ3n) is 4.34. The number of aryl methyl sites for hydroxylation is 1. The van der Waals surface area contributed by atoms with Crippen molar-refractivity contribution in [3.8, 4) is 5.75 Å². The molecule has 1 aromatic carbocycles. The average Bonchev–Trinajstić information content (AvgIpc) is 3.02. The van der Waals surface area contributed by atoms with Crippen molar-refractivity contribution >= 4 is 10.0 Å². The molecule has 0 bridgehead atoms. The van der Waals surface area contributed by atoms with Gasteiger partial charge in [0.15, 0.2) is 5.82 Å². The third-order valence-corrected chi connectivity index (χ3v) is 6.21. The Kier molecular flexibility index (Phi) is 6.74. The molecule has 2 N–H and O–H groups in total. The fraction of sp³-hybridized carbons (Fsp3) is 0.529. The summed E-state index contributed by atoms with van der Waals surface area (Å²) in [5, 5.41) is 3.97. The highest BCUT2D eigenvalue weighted by atomic mass is 32.2. The van der Waals surface area contributed by atoms with Crippen LogP contribution in [0.3, 0.4) is 0 Å². The van der Waals surface area contributed by atoms with Crippen LogP contribution in [0.5, 0.6) is 5.75 Å². The maximum Gasteiger partial charge on any atom is 0.242 e. The van der Waals surface area contributed by atoms with Crippen molar-refractivity contribution in [2.75, 3.05) is 13.6 Å². The predicted molar refractivity (Wildman–Crippen MR) is 99.0 cm³/mol. The number of rotatable bonds is 9. The van der Waals surface area contributed by atoms with E-state index in [9.17, 15) is 8.42 Å². The maximum atomic E-state index is 12.6. The van der Waals surface area contributed by atoms with Gasteiger partial charge in [0, 0.05) is 26.7 Å². The summed E-state index contributed by atoms with van der Waals surface area (Å²) in [5.74, 6) is 1.57. The summed E-state index contributed by atoms with van der Waals surface area (Å²) in [6, 6.07) is 6.33. The van der Waals surface area contributed by atoms with E-state index in [1.54, 1.807) is 43.0 Å². The van der Waals surface area contributed by atoms with Gasteiger partial charge in [-0.25, -0.2) is 17.7 Å². The molecular formula is C17H27N5O3S. The predicted octanol–water partition coefficient (Wildman–Crippen LogP) is 1.39. The van der Waals surface area contributed by atoms with E-state index in [1.807, 2.05) is 13.8 Å². The van der Waals surface area contributed by atoms with Crippen LogP contribution in [0.4, 0.5) is 0 Å². The van der Waals surface area contributed by atoms with Crippen molar-refractivity contribution in [1.82, 2.24) is 19.1 Å². The summed E-state index contributed by atoms with van der Waals surface area (Å²) in [7, 11) is -0.196. The number of hydrogen-bond acceptors (Lipinski definition) is 6. The SMILES string of the molecule is CC(C)C(N)CCN(C)S(=O)(=O)c1ccc(OCc2ncnn2C)cc1. The summed E-state index contributed by atoms with van der Waals surface area (Å²) in [6.07, 6.45) is 2.07. The highest BCUT2D eigenvalue weighted by Gasteiger charge is 2.21. The van der Waals surface area contributed by atoms with Crippen molar-refractivity contribution < 1.29 is 13.2 Å². The van der Waals surface area contributed by atoms with E-state index in [2.05, 4.69) is 10.1 Å². The van der Waals surface area contributed by atoms with Crippen LogP contribution in [0, 0.1) is 5.92 Å². The Balaban J connectivity index is 1.98. The topological polar surface area (TPSA) is 103 Å². The van der Waals surface area contributed by atoms with Gasteiger partial charge in [-0.05, 0) is 36.6 Å². The van der Waals surface area contributed by atoms with Crippen LogP contribution >= 0.6 is 0 Å². The van der Waals surface area contributed by atoms with E-state index in [4.69, 9.17) is 10.5 Å². The largest absolute Gasteiger partial charge is 0.486 e. The zero-order chi connectivity index (χ0) is 19.3. The summed E-state index contributed by atoms with van der Waals surface area (Å²) >= 11 is 0. The lowest BCUT2D eigenvalue weighted by atomic mass is 10.0. The first-order valence-electron chi connectivity index (χ1n) is 8.49. The van der Waals surface area contributed by atoms with E-state index < -0.39 is 10.0 Å². The molecule has 0 aliphatic heterocycles. The van der Waals surface area contributed by atoms with Gasteiger partial charge in [-0.15, -0.1) is 0 Å². The average molecular weight is 382 g/mol. The standard InChI is InChI=1S/C17H27N5O3S/c1-13(2)16(18)9-10-21(3)26(23,24)15-7-5-14(6-8-15)25-11-17-19-12-20-22(17)4/h5-8,12-13,16H,9-11,18H2,1-4H3. The van der Waals surface area contributed by atoms with Gasteiger partial charge in [0.2, 0.25) is 10.0 Å². The van der Waals surface area contributed by atoms with E-state index in [0.717, 1.165) is 0 Å². The molecule has 1 heterocycles. The highest BCUT2D eigenvalue weighted by Crippen LogP contribution is 2.20. The molecule has 1 atom stereocenters. The lowest BCUT2D eigenvalue weighted by Crippen LogP contribution is -2.34. The second-order valence-electron chi connectivity index (χ2n) is 6.58. The normalized spacial score (nSPS) is 13.3. The first-order chi connectivity index (χ1) is 12.2. The number of benzene rings is 1. The lowest BCUT2D eigenvalue weighted by molar-refractivity contribution is 0.289. The molecule has 9 heteroatoms. The van der Waals surface area contributed by atoms with Crippen LogP contribution in [0.1, 0.15) is 26.1 Å². The third kappa shape index (κ3) is 5.03. The summed E-state index contributed by atoms with van der Waals surface area (Å²) < 4.78 is 33.9. The molecule has 26 heavy (non-hydrogen) atoms. The summed E-state index contributed by atoms with van der Waals surface area (Å²) in [5.41, 5.74) is 6.00. The Morgan fingerprint density at radius 3 is 2.46 bits per heavy atom. The van der Waals surface area contributed by atoms with Gasteiger partial charge in [0.05, 0.1) is 4.90 Å². The Bertz CT molecular complexity index is 802. The molecule has 0 amide bonds. The lowest BCUT2D eigenvalue weighted by Gasteiger charge is -2.21. The number of nitrogens with zero attached hydrogens (tertiary/aromatic N) is 4. The first-order valence-corrected chi connectivity index (χ1v) is 9.93. The fourth-order valence-electron chi connectivity index (χ4n) is 2.27. The smallest absolute Gasteiger partial charge is 0.242 e. The highest BCUT2D eigenvalue weighted by molar-refractivity contribution is 7.89. The molecule has 0 saturated heterocycles.